The molecule has 0 saturated carbocycles. The third-order valence-corrected chi connectivity index (χ3v) is 4.91. The van der Waals surface area contributed by atoms with E-state index in [9.17, 15) is 5.11 Å². The number of nitrogens with zero attached hydrogens (tertiary/aromatic N) is 1. The van der Waals surface area contributed by atoms with Crippen LogP contribution >= 0.6 is 11.8 Å². The molecule has 0 aromatic heterocycles. The predicted molar refractivity (Wildman–Crippen MR) is 73.6 cm³/mol. The fourth-order valence-electron chi connectivity index (χ4n) is 2.03. The molecule has 1 N–H and O–H groups in total. The zero-order valence-electron chi connectivity index (χ0n) is 10.8. The molecule has 1 aromatic rings. The van der Waals surface area contributed by atoms with Crippen molar-refractivity contribution in [1.29, 1.82) is 0 Å². The summed E-state index contributed by atoms with van der Waals surface area (Å²) >= 11 is 1.97. The smallest absolute Gasteiger partial charge is 0.0609 e. The third kappa shape index (κ3) is 2.84. The second kappa shape index (κ2) is 5.01. The Bertz CT molecular complexity index is 367. The first-order chi connectivity index (χ1) is 8.03. The highest BCUT2D eigenvalue weighted by atomic mass is 32.2. The van der Waals surface area contributed by atoms with Crippen molar-refractivity contribution in [3.8, 4) is 0 Å². The number of aliphatic hydroxyl groups excluding tert-OH is 1. The molecule has 0 bridgehead atoms. The quantitative estimate of drug-likeness (QED) is 0.889. The van der Waals surface area contributed by atoms with E-state index >= 15 is 0 Å². The van der Waals surface area contributed by atoms with Crippen molar-refractivity contribution in [1.82, 2.24) is 4.90 Å². The van der Waals surface area contributed by atoms with E-state index in [-0.39, 0.29) is 12.1 Å². The van der Waals surface area contributed by atoms with Crippen molar-refractivity contribution < 1.29 is 5.11 Å². The summed E-state index contributed by atoms with van der Waals surface area (Å²) in [5, 5.41) is 9.98. The van der Waals surface area contributed by atoms with Gasteiger partial charge >= 0.3 is 0 Å². The lowest BCUT2D eigenvalue weighted by Crippen LogP contribution is -2.46. The van der Waals surface area contributed by atoms with E-state index in [2.05, 4.69) is 50.1 Å². The first kappa shape index (κ1) is 12.9. The summed E-state index contributed by atoms with van der Waals surface area (Å²) in [6.07, 6.45) is 1.15. The molecule has 0 saturated heterocycles. The maximum atomic E-state index is 9.36. The van der Waals surface area contributed by atoms with Gasteiger partial charge in [-0.15, -0.1) is 11.8 Å². The van der Waals surface area contributed by atoms with E-state index in [1.165, 1.54) is 10.5 Å². The Balaban J connectivity index is 1.96. The van der Waals surface area contributed by atoms with Gasteiger partial charge < -0.3 is 5.11 Å². The van der Waals surface area contributed by atoms with Crippen LogP contribution in [0.1, 0.15) is 19.4 Å². The van der Waals surface area contributed by atoms with Crippen LogP contribution in [0.3, 0.4) is 0 Å². The van der Waals surface area contributed by atoms with Crippen molar-refractivity contribution in [3.05, 3.63) is 29.8 Å². The van der Waals surface area contributed by atoms with Crippen molar-refractivity contribution in [2.45, 2.75) is 36.0 Å². The second-order valence-corrected chi connectivity index (χ2v) is 6.74. The Morgan fingerprint density at radius 3 is 2.76 bits per heavy atom. The summed E-state index contributed by atoms with van der Waals surface area (Å²) in [7, 11) is 2.10. The lowest BCUT2D eigenvalue weighted by atomic mass is 10.0. The average molecular weight is 251 g/mol. The number of fused-ring (bicyclic) bond motifs is 1. The molecule has 17 heavy (non-hydrogen) atoms. The van der Waals surface area contributed by atoms with Crippen LogP contribution in [0.4, 0.5) is 0 Å². The van der Waals surface area contributed by atoms with Crippen LogP contribution in [0.2, 0.25) is 0 Å². The summed E-state index contributed by atoms with van der Waals surface area (Å²) < 4.78 is 0. The summed E-state index contributed by atoms with van der Waals surface area (Å²) in [6.45, 7) is 5.39. The van der Waals surface area contributed by atoms with E-state index in [4.69, 9.17) is 0 Å². The molecule has 1 aliphatic rings. The van der Waals surface area contributed by atoms with Crippen molar-refractivity contribution in [2.24, 2.45) is 0 Å². The van der Waals surface area contributed by atoms with E-state index < -0.39 is 0 Å². The molecule has 2 rings (SSSR count). The Morgan fingerprint density at radius 1 is 1.41 bits per heavy atom. The van der Waals surface area contributed by atoms with Gasteiger partial charge in [-0.05, 0) is 38.9 Å². The number of likely N-dealkylation sites (N-methyl/N-ethyl adjacent to an activating group) is 1. The molecule has 0 fully saturated rings. The number of hydrogen-bond acceptors (Lipinski definition) is 3. The number of benzene rings is 1. The highest BCUT2D eigenvalue weighted by Gasteiger charge is 2.28. The maximum Gasteiger partial charge on any atom is 0.0609 e. The van der Waals surface area contributed by atoms with Crippen molar-refractivity contribution in [3.63, 3.8) is 0 Å². The average Bonchev–Trinajstić information content (AvgIpc) is 2.70. The van der Waals surface area contributed by atoms with E-state index in [1.807, 2.05) is 11.8 Å². The second-order valence-electron chi connectivity index (χ2n) is 5.40. The first-order valence-electron chi connectivity index (χ1n) is 6.09. The van der Waals surface area contributed by atoms with Gasteiger partial charge in [0.15, 0.2) is 0 Å². The number of hydrogen-bond donors (Lipinski definition) is 1. The SMILES string of the molecule is CN(CC1Cc2ccccc2S1)C(C)(C)CO. The molecule has 1 atom stereocenters. The van der Waals surface area contributed by atoms with Crippen LogP contribution in [0.15, 0.2) is 29.2 Å². The van der Waals surface area contributed by atoms with Crippen LogP contribution in [-0.2, 0) is 6.42 Å². The minimum absolute atomic E-state index is 0.130. The van der Waals surface area contributed by atoms with Crippen molar-refractivity contribution >= 4 is 11.8 Å². The highest BCUT2D eigenvalue weighted by Crippen LogP contribution is 2.37. The summed E-state index contributed by atoms with van der Waals surface area (Å²) in [5.74, 6) is 0. The highest BCUT2D eigenvalue weighted by molar-refractivity contribution is 8.00. The monoisotopic (exact) mass is 251 g/mol. The molecule has 1 heterocycles. The molecule has 0 spiro atoms. The predicted octanol–water partition coefficient (Wildman–Crippen LogP) is 2.41. The van der Waals surface area contributed by atoms with E-state index in [0.717, 1.165) is 13.0 Å². The van der Waals surface area contributed by atoms with Crippen LogP contribution in [0.25, 0.3) is 0 Å². The Labute approximate surface area is 108 Å². The lowest BCUT2D eigenvalue weighted by Gasteiger charge is -2.35. The Hall–Kier alpha value is -0.510. The van der Waals surface area contributed by atoms with E-state index in [0.29, 0.717) is 5.25 Å². The standard InChI is InChI=1S/C14H21NOS/c1-14(2,10-16)15(3)9-12-8-11-6-4-5-7-13(11)17-12/h4-7,12,16H,8-10H2,1-3H3. The fourth-order valence-corrected chi connectivity index (χ4v) is 3.41. The zero-order valence-corrected chi connectivity index (χ0v) is 11.6. The molecule has 1 aromatic carbocycles. The largest absolute Gasteiger partial charge is 0.394 e. The Morgan fingerprint density at radius 2 is 2.12 bits per heavy atom. The first-order valence-corrected chi connectivity index (χ1v) is 6.97. The molecule has 0 aliphatic carbocycles. The van der Waals surface area contributed by atoms with Crippen LogP contribution in [0, 0.1) is 0 Å². The molecule has 0 amide bonds. The van der Waals surface area contributed by atoms with Gasteiger partial charge in [-0.25, -0.2) is 0 Å². The molecule has 2 nitrogen and oxygen atoms in total. The molecular formula is C14H21NOS. The van der Waals surface area contributed by atoms with Gasteiger partial charge in [0.25, 0.3) is 0 Å². The zero-order chi connectivity index (χ0) is 12.5. The number of rotatable bonds is 4. The normalized spacial score (nSPS) is 19.7. The minimum atomic E-state index is -0.130. The van der Waals surface area contributed by atoms with Crippen LogP contribution < -0.4 is 0 Å². The van der Waals surface area contributed by atoms with Gasteiger partial charge in [0, 0.05) is 22.2 Å². The minimum Gasteiger partial charge on any atom is -0.394 e. The maximum absolute atomic E-state index is 9.36. The van der Waals surface area contributed by atoms with Gasteiger partial charge in [0.2, 0.25) is 0 Å². The molecular weight excluding hydrogens is 230 g/mol. The third-order valence-electron chi connectivity index (χ3n) is 3.61. The Kier molecular flexibility index (Phi) is 3.81. The van der Waals surface area contributed by atoms with Gasteiger partial charge in [0.05, 0.1) is 6.61 Å². The van der Waals surface area contributed by atoms with Crippen molar-refractivity contribution in [2.75, 3.05) is 20.2 Å². The number of aliphatic hydroxyl groups is 1. The molecule has 3 heteroatoms. The summed E-state index contributed by atoms with van der Waals surface area (Å²) in [6, 6.07) is 8.65. The van der Waals surface area contributed by atoms with Gasteiger partial charge in [0.1, 0.15) is 0 Å². The van der Waals surface area contributed by atoms with Crippen LogP contribution in [-0.4, -0.2) is 41.0 Å². The van der Waals surface area contributed by atoms with Gasteiger partial charge in [-0.3, -0.25) is 4.90 Å². The molecule has 1 aliphatic heterocycles. The summed E-state index contributed by atoms with van der Waals surface area (Å²) in [5.41, 5.74) is 1.34. The van der Waals surface area contributed by atoms with Gasteiger partial charge in [-0.2, -0.15) is 0 Å². The van der Waals surface area contributed by atoms with E-state index in [1.54, 1.807) is 0 Å². The summed E-state index contributed by atoms with van der Waals surface area (Å²) in [4.78, 5) is 3.68. The molecule has 0 radical (unpaired) electrons. The molecule has 1 unspecified atom stereocenters. The molecule has 94 valence electrons. The topological polar surface area (TPSA) is 23.5 Å². The fraction of sp³-hybridized carbons (Fsp3) is 0.571. The van der Waals surface area contributed by atoms with Crippen LogP contribution in [0.5, 0.6) is 0 Å². The number of thioether (sulfide) groups is 1. The van der Waals surface area contributed by atoms with Gasteiger partial charge in [-0.1, -0.05) is 18.2 Å². The lowest BCUT2D eigenvalue weighted by molar-refractivity contribution is 0.0797.